The maximum absolute atomic E-state index is 13.7. The van der Waals surface area contributed by atoms with Crippen molar-refractivity contribution in [3.8, 4) is 22.8 Å². The summed E-state index contributed by atoms with van der Waals surface area (Å²) in [5.74, 6) is 1.95. The summed E-state index contributed by atoms with van der Waals surface area (Å²) < 4.78 is 22.4. The van der Waals surface area contributed by atoms with Crippen molar-refractivity contribution in [3.05, 3.63) is 59.7 Å². The van der Waals surface area contributed by atoms with E-state index in [9.17, 15) is 4.79 Å². The van der Waals surface area contributed by atoms with Crippen LogP contribution in [0.1, 0.15) is 15.9 Å². The van der Waals surface area contributed by atoms with Crippen LogP contribution in [0.3, 0.4) is 0 Å². The van der Waals surface area contributed by atoms with Crippen LogP contribution in [-0.2, 0) is 4.74 Å². The van der Waals surface area contributed by atoms with Gasteiger partial charge in [-0.15, -0.1) is 0 Å². The highest BCUT2D eigenvalue weighted by molar-refractivity contribution is 6.28. The first-order valence-corrected chi connectivity index (χ1v) is 10.9. The van der Waals surface area contributed by atoms with Crippen LogP contribution in [0.2, 0.25) is 0 Å². The second-order valence-electron chi connectivity index (χ2n) is 8.22. The number of carbonyl (C=O) groups excluding carboxylic acids is 1. The van der Waals surface area contributed by atoms with Gasteiger partial charge in [-0.2, -0.15) is 0 Å². The summed E-state index contributed by atoms with van der Waals surface area (Å²) in [7, 11) is 0. The molecule has 0 spiro atoms. The van der Waals surface area contributed by atoms with Crippen molar-refractivity contribution in [2.45, 2.75) is 0 Å². The molecule has 1 N–H and O–H groups in total. The molecule has 3 aromatic carbocycles. The smallest absolute Gasteiger partial charge is 0.231 e. The first-order chi connectivity index (χ1) is 16.3. The molecule has 1 aromatic heterocycles. The first kappa shape index (κ1) is 18.5. The predicted octanol–water partition coefficient (Wildman–Crippen LogP) is 4.35. The minimum atomic E-state index is -0.0527. The van der Waals surface area contributed by atoms with Crippen LogP contribution in [0, 0.1) is 0 Å². The summed E-state index contributed by atoms with van der Waals surface area (Å²) in [6, 6.07) is 15.1. The summed E-state index contributed by atoms with van der Waals surface area (Å²) >= 11 is 0. The van der Waals surface area contributed by atoms with Gasteiger partial charge in [-0.3, -0.25) is 4.79 Å². The number of nitrogens with zero attached hydrogens (tertiary/aromatic N) is 2. The molecule has 1 aliphatic carbocycles. The van der Waals surface area contributed by atoms with E-state index in [-0.39, 0.29) is 12.6 Å². The van der Waals surface area contributed by atoms with Crippen molar-refractivity contribution in [1.29, 1.82) is 0 Å². The molecule has 1 fully saturated rings. The Balaban J connectivity index is 1.45. The zero-order valence-corrected chi connectivity index (χ0v) is 17.6. The SMILES string of the molecule is O=C1c2ccccc2-c2onc3c(N4CCOCC4)cc(Nc4ccc5c(c4)OCO5)c1c23. The first-order valence-electron chi connectivity index (χ1n) is 10.9. The van der Waals surface area contributed by atoms with Crippen LogP contribution in [0.4, 0.5) is 17.1 Å². The zero-order valence-electron chi connectivity index (χ0n) is 17.6. The number of fused-ring (bicyclic) bond motifs is 3. The molecule has 0 radical (unpaired) electrons. The maximum Gasteiger partial charge on any atom is 0.231 e. The second kappa shape index (κ2) is 6.98. The Kier molecular flexibility index (Phi) is 3.92. The largest absolute Gasteiger partial charge is 0.454 e. The molecular formula is C25H19N3O5. The Labute approximate surface area is 188 Å². The molecule has 33 heavy (non-hydrogen) atoms. The van der Waals surface area contributed by atoms with Crippen LogP contribution < -0.4 is 19.7 Å². The van der Waals surface area contributed by atoms with Crippen LogP contribution >= 0.6 is 0 Å². The minimum Gasteiger partial charge on any atom is -0.454 e. The van der Waals surface area contributed by atoms with Gasteiger partial charge in [-0.1, -0.05) is 29.4 Å². The van der Waals surface area contributed by atoms with E-state index in [1.807, 2.05) is 48.5 Å². The highest BCUT2D eigenvalue weighted by Crippen LogP contribution is 2.46. The number of ketones is 1. The van der Waals surface area contributed by atoms with Gasteiger partial charge in [0.15, 0.2) is 23.0 Å². The molecule has 2 aliphatic heterocycles. The van der Waals surface area contributed by atoms with Crippen LogP contribution in [0.5, 0.6) is 11.5 Å². The van der Waals surface area contributed by atoms with Crippen LogP contribution in [0.25, 0.3) is 22.2 Å². The normalized spacial score (nSPS) is 16.2. The molecule has 3 aliphatic rings. The van der Waals surface area contributed by atoms with Gasteiger partial charge in [-0.05, 0) is 18.2 Å². The molecule has 0 bridgehead atoms. The summed E-state index contributed by atoms with van der Waals surface area (Å²) in [5, 5.41) is 8.61. The number of benzene rings is 3. The topological polar surface area (TPSA) is 86.1 Å². The number of nitrogens with one attached hydrogen (secondary N) is 1. The number of rotatable bonds is 3. The Morgan fingerprint density at radius 3 is 2.64 bits per heavy atom. The number of hydrogen-bond donors (Lipinski definition) is 1. The van der Waals surface area contributed by atoms with Gasteiger partial charge in [-0.25, -0.2) is 0 Å². The van der Waals surface area contributed by atoms with Crippen molar-refractivity contribution in [1.82, 2.24) is 5.16 Å². The lowest BCUT2D eigenvalue weighted by Gasteiger charge is -2.30. The van der Waals surface area contributed by atoms with Gasteiger partial charge in [0.05, 0.1) is 35.5 Å². The van der Waals surface area contributed by atoms with E-state index >= 15 is 0 Å². The average Bonchev–Trinajstić information content (AvgIpc) is 3.51. The average molecular weight is 441 g/mol. The van der Waals surface area contributed by atoms with E-state index in [1.165, 1.54) is 0 Å². The molecule has 0 saturated carbocycles. The number of hydrogen-bond acceptors (Lipinski definition) is 8. The fourth-order valence-electron chi connectivity index (χ4n) is 4.82. The summed E-state index contributed by atoms with van der Waals surface area (Å²) in [6.45, 7) is 2.97. The Morgan fingerprint density at radius 1 is 0.939 bits per heavy atom. The second-order valence-corrected chi connectivity index (χ2v) is 8.22. The number of aromatic nitrogens is 1. The predicted molar refractivity (Wildman–Crippen MR) is 122 cm³/mol. The van der Waals surface area contributed by atoms with Crippen molar-refractivity contribution < 1.29 is 23.5 Å². The molecule has 1 saturated heterocycles. The highest BCUT2D eigenvalue weighted by Gasteiger charge is 2.34. The number of ether oxygens (including phenoxy) is 3. The fraction of sp³-hybridized carbons (Fsp3) is 0.200. The van der Waals surface area contributed by atoms with E-state index in [4.69, 9.17) is 18.7 Å². The fourth-order valence-corrected chi connectivity index (χ4v) is 4.82. The summed E-state index contributed by atoms with van der Waals surface area (Å²) in [6.07, 6.45) is 0. The molecule has 3 heterocycles. The molecule has 0 unspecified atom stereocenters. The van der Waals surface area contributed by atoms with Gasteiger partial charge < -0.3 is 29.0 Å². The van der Waals surface area contributed by atoms with E-state index in [2.05, 4.69) is 15.4 Å². The van der Waals surface area contributed by atoms with Crippen molar-refractivity contribution in [3.63, 3.8) is 0 Å². The zero-order chi connectivity index (χ0) is 21.9. The Hall–Kier alpha value is -4.04. The van der Waals surface area contributed by atoms with Crippen molar-refractivity contribution in [2.75, 3.05) is 43.3 Å². The third-order valence-corrected chi connectivity index (χ3v) is 6.38. The lowest BCUT2D eigenvalue weighted by Crippen LogP contribution is -2.36. The monoisotopic (exact) mass is 441 g/mol. The number of carbonyl (C=O) groups is 1. The molecule has 164 valence electrons. The quantitative estimate of drug-likeness (QED) is 0.442. The van der Waals surface area contributed by atoms with Gasteiger partial charge in [0, 0.05) is 36.0 Å². The third-order valence-electron chi connectivity index (χ3n) is 6.38. The molecule has 8 heteroatoms. The van der Waals surface area contributed by atoms with E-state index in [0.717, 1.165) is 35.4 Å². The lowest BCUT2D eigenvalue weighted by molar-refractivity contribution is 0.104. The third kappa shape index (κ3) is 2.74. The summed E-state index contributed by atoms with van der Waals surface area (Å²) in [5.41, 5.74) is 5.05. The molecule has 0 amide bonds. The van der Waals surface area contributed by atoms with Gasteiger partial charge in [0.1, 0.15) is 5.52 Å². The highest BCUT2D eigenvalue weighted by atomic mass is 16.7. The number of anilines is 3. The standard InChI is InChI=1S/C25H19N3O5/c29-24-15-3-1-2-4-16(15)25-22-21(24)17(26-14-5-6-19-20(11-14)32-13-31-19)12-18(23(22)27-33-25)28-7-9-30-10-8-28/h1-6,11-12,26H,7-10,13H2. The Bertz CT molecular complexity index is 1440. The van der Waals surface area contributed by atoms with Crippen LogP contribution in [-0.4, -0.2) is 44.0 Å². The van der Waals surface area contributed by atoms with Gasteiger partial charge >= 0.3 is 0 Å². The number of morpholine rings is 1. The molecule has 0 atom stereocenters. The molecule has 7 rings (SSSR count). The van der Waals surface area contributed by atoms with E-state index in [0.29, 0.717) is 52.8 Å². The molecule has 4 aromatic rings. The minimum absolute atomic E-state index is 0.0527. The van der Waals surface area contributed by atoms with E-state index < -0.39 is 0 Å². The van der Waals surface area contributed by atoms with Crippen LogP contribution in [0.15, 0.2) is 53.1 Å². The van der Waals surface area contributed by atoms with Crippen molar-refractivity contribution >= 4 is 33.7 Å². The Morgan fingerprint density at radius 2 is 1.76 bits per heavy atom. The summed E-state index contributed by atoms with van der Waals surface area (Å²) in [4.78, 5) is 15.9. The van der Waals surface area contributed by atoms with Gasteiger partial charge in [0.2, 0.25) is 6.79 Å². The van der Waals surface area contributed by atoms with Crippen molar-refractivity contribution in [2.24, 2.45) is 0 Å². The van der Waals surface area contributed by atoms with Gasteiger partial charge in [0.25, 0.3) is 0 Å². The maximum atomic E-state index is 13.7. The molecule has 8 nitrogen and oxygen atoms in total. The molecular weight excluding hydrogens is 422 g/mol. The lowest BCUT2D eigenvalue weighted by atomic mass is 9.86. The van der Waals surface area contributed by atoms with E-state index in [1.54, 1.807) is 0 Å².